The smallest absolute Gasteiger partial charge is 0.251 e. The molecule has 0 aliphatic rings. The van der Waals surface area contributed by atoms with E-state index in [1.54, 1.807) is 7.11 Å². The molecule has 0 saturated heterocycles. The first-order chi connectivity index (χ1) is 9.54. The van der Waals surface area contributed by atoms with Gasteiger partial charge < -0.3 is 15.0 Å². The Morgan fingerprint density at radius 2 is 2.05 bits per heavy atom. The number of nitrogens with one attached hydrogen (secondary N) is 1. The van der Waals surface area contributed by atoms with E-state index >= 15 is 0 Å². The first kappa shape index (κ1) is 16.7. The molecule has 0 spiro atoms. The van der Waals surface area contributed by atoms with Crippen molar-refractivity contribution in [1.82, 2.24) is 10.2 Å². The number of amides is 1. The van der Waals surface area contributed by atoms with Gasteiger partial charge in [-0.25, -0.2) is 0 Å². The van der Waals surface area contributed by atoms with Crippen LogP contribution in [0, 0.1) is 13.8 Å². The Morgan fingerprint density at radius 1 is 1.30 bits per heavy atom. The number of hydrogen-bond donors (Lipinski definition) is 1. The van der Waals surface area contributed by atoms with E-state index in [0.717, 1.165) is 42.8 Å². The Hall–Kier alpha value is -1.39. The predicted molar refractivity (Wildman–Crippen MR) is 82.2 cm³/mol. The summed E-state index contributed by atoms with van der Waals surface area (Å²) >= 11 is 0. The number of benzene rings is 1. The third-order valence-corrected chi connectivity index (χ3v) is 3.32. The molecule has 0 unspecified atom stereocenters. The Labute approximate surface area is 122 Å². The minimum Gasteiger partial charge on any atom is -0.383 e. The van der Waals surface area contributed by atoms with Crippen LogP contribution in [0.1, 0.15) is 27.9 Å². The summed E-state index contributed by atoms with van der Waals surface area (Å²) in [5.41, 5.74) is 2.91. The van der Waals surface area contributed by atoms with Crippen LogP contribution in [-0.4, -0.2) is 51.2 Å². The number of carbonyl (C=O) groups excluding carboxylic acids is 1. The van der Waals surface area contributed by atoms with Gasteiger partial charge in [0.15, 0.2) is 0 Å². The molecule has 1 aromatic carbocycles. The van der Waals surface area contributed by atoms with E-state index < -0.39 is 0 Å². The van der Waals surface area contributed by atoms with E-state index in [0.29, 0.717) is 6.54 Å². The van der Waals surface area contributed by atoms with E-state index in [9.17, 15) is 4.79 Å². The molecular weight excluding hydrogens is 252 g/mol. The fourth-order valence-corrected chi connectivity index (χ4v) is 1.99. The Balaban J connectivity index is 2.31. The lowest BCUT2D eigenvalue weighted by Crippen LogP contribution is -2.30. The zero-order valence-electron chi connectivity index (χ0n) is 13.0. The van der Waals surface area contributed by atoms with Gasteiger partial charge in [-0.2, -0.15) is 0 Å². The highest BCUT2D eigenvalue weighted by atomic mass is 16.5. The van der Waals surface area contributed by atoms with Gasteiger partial charge in [0.1, 0.15) is 0 Å². The van der Waals surface area contributed by atoms with Crippen LogP contribution < -0.4 is 5.32 Å². The predicted octanol–water partition coefficient (Wildman–Crippen LogP) is 2.00. The lowest BCUT2D eigenvalue weighted by atomic mass is 10.1. The number of ether oxygens (including phenoxy) is 1. The maximum atomic E-state index is 12.1. The van der Waals surface area contributed by atoms with Gasteiger partial charge in [-0.05, 0) is 45.5 Å². The van der Waals surface area contributed by atoms with E-state index in [-0.39, 0.29) is 5.91 Å². The summed E-state index contributed by atoms with van der Waals surface area (Å²) in [5.74, 6) is 0.0192. The summed E-state index contributed by atoms with van der Waals surface area (Å²) in [7, 11) is 3.77. The van der Waals surface area contributed by atoms with Crippen LogP contribution in [-0.2, 0) is 4.74 Å². The normalized spacial score (nSPS) is 10.8. The number of rotatable bonds is 8. The molecule has 20 heavy (non-hydrogen) atoms. The molecule has 4 heteroatoms. The van der Waals surface area contributed by atoms with Gasteiger partial charge in [-0.3, -0.25) is 4.79 Å². The molecule has 0 aromatic heterocycles. The maximum Gasteiger partial charge on any atom is 0.251 e. The van der Waals surface area contributed by atoms with Gasteiger partial charge in [-0.15, -0.1) is 0 Å². The number of aryl methyl sites for hydroxylation is 2. The number of methoxy groups -OCH3 is 1. The first-order valence-corrected chi connectivity index (χ1v) is 7.07. The molecule has 1 rings (SSSR count). The van der Waals surface area contributed by atoms with Crippen molar-refractivity contribution in [3.63, 3.8) is 0 Å². The zero-order chi connectivity index (χ0) is 15.0. The second-order valence-corrected chi connectivity index (χ2v) is 5.22. The molecule has 0 bridgehead atoms. The minimum atomic E-state index is 0.0192. The Bertz CT molecular complexity index is 432. The van der Waals surface area contributed by atoms with E-state index in [4.69, 9.17) is 4.74 Å². The molecular formula is C16H26N2O2. The molecule has 1 N–H and O–H groups in total. The van der Waals surface area contributed by atoms with Gasteiger partial charge >= 0.3 is 0 Å². The van der Waals surface area contributed by atoms with Crippen LogP contribution in [0.3, 0.4) is 0 Å². The monoisotopic (exact) mass is 278 g/mol. The van der Waals surface area contributed by atoms with Crippen LogP contribution in [0.15, 0.2) is 18.2 Å². The summed E-state index contributed by atoms with van der Waals surface area (Å²) < 4.78 is 5.03. The molecule has 112 valence electrons. The average Bonchev–Trinajstić information content (AvgIpc) is 2.43. The molecule has 4 nitrogen and oxygen atoms in total. The van der Waals surface area contributed by atoms with Gasteiger partial charge in [0.05, 0.1) is 6.61 Å². The Kier molecular flexibility index (Phi) is 7.26. The van der Waals surface area contributed by atoms with Crippen molar-refractivity contribution in [3.8, 4) is 0 Å². The van der Waals surface area contributed by atoms with Crippen molar-refractivity contribution >= 4 is 5.91 Å². The second kappa shape index (κ2) is 8.72. The molecule has 0 radical (unpaired) electrons. The fourth-order valence-electron chi connectivity index (χ4n) is 1.99. The van der Waals surface area contributed by atoms with Crippen LogP contribution in [0.4, 0.5) is 0 Å². The lowest BCUT2D eigenvalue weighted by Gasteiger charge is -2.16. The summed E-state index contributed by atoms with van der Waals surface area (Å²) in [6, 6.07) is 5.95. The standard InChI is InChI=1S/C16H26N2O2/c1-13-6-7-14(2)15(12-13)16(19)17-8-5-9-18(3)10-11-20-4/h6-7,12H,5,8-11H2,1-4H3,(H,17,19). The quantitative estimate of drug-likeness (QED) is 0.740. The summed E-state index contributed by atoms with van der Waals surface area (Å²) in [4.78, 5) is 14.3. The molecule has 0 fully saturated rings. The van der Waals surface area contributed by atoms with Crippen LogP contribution in [0.2, 0.25) is 0 Å². The third-order valence-electron chi connectivity index (χ3n) is 3.32. The van der Waals surface area contributed by atoms with Crippen LogP contribution in [0.25, 0.3) is 0 Å². The summed E-state index contributed by atoms with van der Waals surface area (Å²) in [6.45, 7) is 7.28. The van der Waals surface area contributed by atoms with E-state index in [2.05, 4.69) is 17.3 Å². The highest BCUT2D eigenvalue weighted by Crippen LogP contribution is 2.10. The van der Waals surface area contributed by atoms with Gasteiger partial charge in [0.25, 0.3) is 5.91 Å². The Morgan fingerprint density at radius 3 is 2.75 bits per heavy atom. The van der Waals surface area contributed by atoms with E-state index in [1.165, 1.54) is 0 Å². The van der Waals surface area contributed by atoms with Gasteiger partial charge in [0.2, 0.25) is 0 Å². The molecule has 0 saturated carbocycles. The van der Waals surface area contributed by atoms with Crippen molar-refractivity contribution in [2.45, 2.75) is 20.3 Å². The van der Waals surface area contributed by atoms with Crippen molar-refractivity contribution in [2.75, 3.05) is 40.4 Å². The summed E-state index contributed by atoms with van der Waals surface area (Å²) in [5, 5.41) is 2.98. The van der Waals surface area contributed by atoms with Gasteiger partial charge in [0, 0.05) is 25.8 Å². The molecule has 0 aliphatic carbocycles. The topological polar surface area (TPSA) is 41.6 Å². The van der Waals surface area contributed by atoms with Crippen molar-refractivity contribution in [1.29, 1.82) is 0 Å². The number of likely N-dealkylation sites (N-methyl/N-ethyl adjacent to an activating group) is 1. The van der Waals surface area contributed by atoms with Crippen molar-refractivity contribution in [3.05, 3.63) is 34.9 Å². The second-order valence-electron chi connectivity index (χ2n) is 5.22. The zero-order valence-corrected chi connectivity index (χ0v) is 13.0. The molecule has 0 aliphatic heterocycles. The molecule has 1 amide bonds. The number of nitrogens with zero attached hydrogens (tertiary/aromatic N) is 1. The molecule has 0 heterocycles. The first-order valence-electron chi connectivity index (χ1n) is 7.07. The lowest BCUT2D eigenvalue weighted by molar-refractivity contribution is 0.0950. The van der Waals surface area contributed by atoms with Crippen molar-refractivity contribution in [2.24, 2.45) is 0 Å². The third kappa shape index (κ3) is 5.72. The number of hydrogen-bond acceptors (Lipinski definition) is 3. The average molecular weight is 278 g/mol. The summed E-state index contributed by atoms with van der Waals surface area (Å²) in [6.07, 6.45) is 0.941. The molecule has 1 aromatic rings. The highest BCUT2D eigenvalue weighted by Gasteiger charge is 2.08. The maximum absolute atomic E-state index is 12.1. The molecule has 0 atom stereocenters. The number of carbonyl (C=O) groups is 1. The minimum absolute atomic E-state index is 0.0192. The van der Waals surface area contributed by atoms with Crippen LogP contribution >= 0.6 is 0 Å². The van der Waals surface area contributed by atoms with Crippen LogP contribution in [0.5, 0.6) is 0 Å². The van der Waals surface area contributed by atoms with E-state index in [1.807, 2.05) is 32.0 Å². The largest absolute Gasteiger partial charge is 0.383 e. The van der Waals surface area contributed by atoms with Gasteiger partial charge in [-0.1, -0.05) is 17.7 Å². The highest BCUT2D eigenvalue weighted by molar-refractivity contribution is 5.95. The fraction of sp³-hybridized carbons (Fsp3) is 0.562. The van der Waals surface area contributed by atoms with Crippen molar-refractivity contribution < 1.29 is 9.53 Å². The SMILES string of the molecule is COCCN(C)CCCNC(=O)c1cc(C)ccc1C.